The van der Waals surface area contributed by atoms with Gasteiger partial charge >= 0.3 is 0 Å². The first-order valence-electron chi connectivity index (χ1n) is 6.65. The third-order valence-electron chi connectivity index (χ3n) is 3.82. The normalized spacial score (nSPS) is 20.9. The monoisotopic (exact) mass is 232 g/mol. The molecule has 0 spiro atoms. The molecule has 0 aliphatic heterocycles. The average molecular weight is 232 g/mol. The van der Waals surface area contributed by atoms with Gasteiger partial charge in [-0.15, -0.1) is 0 Å². The number of benzene rings is 1. The van der Waals surface area contributed by atoms with Crippen LogP contribution in [0, 0.1) is 11.8 Å². The van der Waals surface area contributed by atoms with Crippen LogP contribution < -0.4 is 11.1 Å². The third-order valence-corrected chi connectivity index (χ3v) is 3.82. The maximum atomic E-state index is 6.35. The molecule has 2 rings (SSSR count). The fourth-order valence-electron chi connectivity index (χ4n) is 2.31. The second kappa shape index (κ2) is 5.19. The van der Waals surface area contributed by atoms with Crippen LogP contribution in [0.4, 0.5) is 0 Å². The van der Waals surface area contributed by atoms with E-state index in [0.29, 0.717) is 0 Å². The topological polar surface area (TPSA) is 38.0 Å². The van der Waals surface area contributed by atoms with Crippen LogP contribution in [0.2, 0.25) is 0 Å². The molecule has 0 aromatic heterocycles. The fourth-order valence-corrected chi connectivity index (χ4v) is 2.31. The summed E-state index contributed by atoms with van der Waals surface area (Å²) in [5.41, 5.74) is 7.28. The Labute approximate surface area is 105 Å². The van der Waals surface area contributed by atoms with Gasteiger partial charge in [-0.2, -0.15) is 0 Å². The van der Waals surface area contributed by atoms with Crippen molar-refractivity contribution in [3.63, 3.8) is 0 Å². The van der Waals surface area contributed by atoms with Crippen molar-refractivity contribution in [2.75, 3.05) is 13.1 Å². The van der Waals surface area contributed by atoms with Gasteiger partial charge in [0.1, 0.15) is 0 Å². The smallest absolute Gasteiger partial charge is 0.0507 e. The molecule has 1 fully saturated rings. The predicted octanol–water partition coefficient (Wildman–Crippen LogP) is 2.50. The number of nitrogens with one attached hydrogen (secondary N) is 1. The van der Waals surface area contributed by atoms with Crippen LogP contribution in [0.3, 0.4) is 0 Å². The SMILES string of the molecule is CC(CNCC(C)(N)c1ccccc1)C1CC1. The highest BCUT2D eigenvalue weighted by Gasteiger charge is 2.28. The zero-order valence-corrected chi connectivity index (χ0v) is 10.9. The minimum atomic E-state index is -0.273. The van der Waals surface area contributed by atoms with Crippen molar-refractivity contribution >= 4 is 0 Å². The Morgan fingerprint density at radius 3 is 2.59 bits per heavy atom. The zero-order valence-electron chi connectivity index (χ0n) is 10.9. The summed E-state index contributed by atoms with van der Waals surface area (Å²) in [5, 5.41) is 3.52. The summed E-state index contributed by atoms with van der Waals surface area (Å²) in [6.07, 6.45) is 2.84. The second-order valence-corrected chi connectivity index (χ2v) is 5.73. The lowest BCUT2D eigenvalue weighted by atomic mass is 9.93. The van der Waals surface area contributed by atoms with Crippen molar-refractivity contribution in [3.05, 3.63) is 35.9 Å². The summed E-state index contributed by atoms with van der Waals surface area (Å²) in [4.78, 5) is 0. The highest BCUT2D eigenvalue weighted by atomic mass is 14.9. The summed E-state index contributed by atoms with van der Waals surface area (Å²) in [7, 11) is 0. The van der Waals surface area contributed by atoms with Crippen LogP contribution in [-0.2, 0) is 5.54 Å². The van der Waals surface area contributed by atoms with Crippen molar-refractivity contribution in [1.29, 1.82) is 0 Å². The van der Waals surface area contributed by atoms with Crippen molar-refractivity contribution in [1.82, 2.24) is 5.32 Å². The van der Waals surface area contributed by atoms with Crippen molar-refractivity contribution in [2.45, 2.75) is 32.2 Å². The van der Waals surface area contributed by atoms with E-state index in [-0.39, 0.29) is 5.54 Å². The molecule has 0 amide bonds. The molecule has 2 heteroatoms. The summed E-state index contributed by atoms with van der Waals surface area (Å²) in [6.45, 7) is 6.36. The van der Waals surface area contributed by atoms with Gasteiger partial charge in [0.2, 0.25) is 0 Å². The molecule has 1 aliphatic carbocycles. The molecule has 1 saturated carbocycles. The first-order chi connectivity index (χ1) is 8.09. The van der Waals surface area contributed by atoms with Crippen molar-refractivity contribution in [3.8, 4) is 0 Å². The van der Waals surface area contributed by atoms with E-state index in [4.69, 9.17) is 5.73 Å². The van der Waals surface area contributed by atoms with Crippen LogP contribution in [0.5, 0.6) is 0 Å². The second-order valence-electron chi connectivity index (χ2n) is 5.73. The lowest BCUT2D eigenvalue weighted by Gasteiger charge is -2.26. The number of rotatable bonds is 6. The lowest BCUT2D eigenvalue weighted by molar-refractivity contribution is 0.398. The summed E-state index contributed by atoms with van der Waals surface area (Å²) < 4.78 is 0. The molecule has 2 atom stereocenters. The largest absolute Gasteiger partial charge is 0.321 e. The number of hydrogen-bond acceptors (Lipinski definition) is 2. The molecular formula is C15H24N2. The van der Waals surface area contributed by atoms with Crippen LogP contribution in [0.15, 0.2) is 30.3 Å². The van der Waals surface area contributed by atoms with Crippen LogP contribution in [0.25, 0.3) is 0 Å². The third kappa shape index (κ3) is 3.55. The Bertz CT molecular complexity index is 341. The molecule has 1 aromatic carbocycles. The summed E-state index contributed by atoms with van der Waals surface area (Å²) in [5.74, 6) is 1.75. The molecule has 17 heavy (non-hydrogen) atoms. The molecule has 3 N–H and O–H groups in total. The van der Waals surface area contributed by atoms with E-state index in [1.165, 1.54) is 18.4 Å². The van der Waals surface area contributed by atoms with Crippen LogP contribution in [0.1, 0.15) is 32.3 Å². The van der Waals surface area contributed by atoms with Crippen LogP contribution in [-0.4, -0.2) is 13.1 Å². The van der Waals surface area contributed by atoms with Gasteiger partial charge in [0.25, 0.3) is 0 Å². The molecule has 1 aliphatic rings. The van der Waals surface area contributed by atoms with Crippen molar-refractivity contribution in [2.24, 2.45) is 17.6 Å². The predicted molar refractivity (Wildman–Crippen MR) is 72.7 cm³/mol. The van der Waals surface area contributed by atoms with E-state index in [1.54, 1.807) is 0 Å². The van der Waals surface area contributed by atoms with Crippen LogP contribution >= 0.6 is 0 Å². The van der Waals surface area contributed by atoms with E-state index >= 15 is 0 Å². The highest BCUT2D eigenvalue weighted by molar-refractivity contribution is 5.23. The molecule has 2 nitrogen and oxygen atoms in total. The Hall–Kier alpha value is -0.860. The van der Waals surface area contributed by atoms with Gasteiger partial charge in [-0.3, -0.25) is 0 Å². The highest BCUT2D eigenvalue weighted by Crippen LogP contribution is 2.36. The average Bonchev–Trinajstić information content (AvgIpc) is 3.14. The quantitative estimate of drug-likeness (QED) is 0.791. The summed E-state index contributed by atoms with van der Waals surface area (Å²) >= 11 is 0. The van der Waals surface area contributed by atoms with Crippen molar-refractivity contribution < 1.29 is 0 Å². The molecule has 1 aromatic rings. The summed E-state index contributed by atoms with van der Waals surface area (Å²) in [6, 6.07) is 10.3. The van der Waals surface area contributed by atoms with E-state index in [9.17, 15) is 0 Å². The Morgan fingerprint density at radius 2 is 2.00 bits per heavy atom. The van der Waals surface area contributed by atoms with Gasteiger partial charge in [-0.25, -0.2) is 0 Å². The van der Waals surface area contributed by atoms with Gasteiger partial charge in [0.05, 0.1) is 5.54 Å². The number of nitrogens with two attached hydrogens (primary N) is 1. The number of hydrogen-bond donors (Lipinski definition) is 2. The van der Waals surface area contributed by atoms with E-state index < -0.39 is 0 Å². The molecular weight excluding hydrogens is 208 g/mol. The Balaban J connectivity index is 1.80. The van der Waals surface area contributed by atoms with E-state index in [1.807, 2.05) is 18.2 Å². The van der Waals surface area contributed by atoms with Gasteiger partial charge in [0.15, 0.2) is 0 Å². The molecule has 0 bridgehead atoms. The minimum absolute atomic E-state index is 0.273. The lowest BCUT2D eigenvalue weighted by Crippen LogP contribution is -2.44. The molecule has 0 saturated heterocycles. The standard InChI is InChI=1S/C15H24N2/c1-12(13-8-9-13)10-17-11-15(2,16)14-6-4-3-5-7-14/h3-7,12-13,17H,8-11,16H2,1-2H3. The maximum Gasteiger partial charge on any atom is 0.0507 e. The Kier molecular flexibility index (Phi) is 3.85. The molecule has 94 valence electrons. The van der Waals surface area contributed by atoms with Gasteiger partial charge in [-0.05, 0) is 43.7 Å². The molecule has 2 unspecified atom stereocenters. The maximum absolute atomic E-state index is 6.35. The fraction of sp³-hybridized carbons (Fsp3) is 0.600. The van der Waals surface area contributed by atoms with Gasteiger partial charge < -0.3 is 11.1 Å². The molecule has 0 radical (unpaired) electrons. The van der Waals surface area contributed by atoms with E-state index in [2.05, 4.69) is 31.3 Å². The zero-order chi connectivity index (χ0) is 12.3. The minimum Gasteiger partial charge on any atom is -0.321 e. The van der Waals surface area contributed by atoms with Gasteiger partial charge in [0, 0.05) is 6.54 Å². The first kappa shape index (κ1) is 12.6. The van der Waals surface area contributed by atoms with Gasteiger partial charge in [-0.1, -0.05) is 37.3 Å². The first-order valence-corrected chi connectivity index (χ1v) is 6.65. The molecule has 0 heterocycles. The Morgan fingerprint density at radius 1 is 1.35 bits per heavy atom. The van der Waals surface area contributed by atoms with E-state index in [0.717, 1.165) is 24.9 Å².